The number of ether oxygens (including phenoxy) is 3. The number of benzene rings is 2. The number of carbonyl (C=O) groups excluding carboxylic acids is 1. The van der Waals surface area contributed by atoms with Crippen LogP contribution in [0.3, 0.4) is 0 Å². The highest BCUT2D eigenvalue weighted by Gasteiger charge is 2.11. The number of rotatable bonds is 9. The molecule has 166 valence electrons. The number of carbonyl (C=O) groups is 1. The maximum atomic E-state index is 12.0. The van der Waals surface area contributed by atoms with Gasteiger partial charge in [-0.1, -0.05) is 12.1 Å². The van der Waals surface area contributed by atoms with Gasteiger partial charge in [-0.05, 0) is 42.5 Å². The molecule has 4 rings (SSSR count). The van der Waals surface area contributed by atoms with Crippen LogP contribution in [0.15, 0.2) is 60.7 Å². The minimum Gasteiger partial charge on any atom is -0.497 e. The highest BCUT2D eigenvalue weighted by atomic mass is 16.5. The highest BCUT2D eigenvalue weighted by Crippen LogP contribution is 2.23. The number of hydrogen-bond acceptors (Lipinski definition) is 8. The van der Waals surface area contributed by atoms with Crippen molar-refractivity contribution < 1.29 is 19.0 Å². The largest absolute Gasteiger partial charge is 0.497 e. The second-order valence-electron chi connectivity index (χ2n) is 6.82. The van der Waals surface area contributed by atoms with Crippen LogP contribution in [0.2, 0.25) is 0 Å². The Hall–Kier alpha value is -4.65. The molecule has 0 bridgehead atoms. The van der Waals surface area contributed by atoms with E-state index in [0.29, 0.717) is 34.4 Å². The molecule has 0 atom stereocenters. The quantitative estimate of drug-likeness (QED) is 0.390. The molecule has 0 saturated heterocycles. The van der Waals surface area contributed by atoms with Crippen molar-refractivity contribution in [2.75, 3.05) is 26.9 Å². The van der Waals surface area contributed by atoms with E-state index < -0.39 is 0 Å². The maximum absolute atomic E-state index is 12.0. The fourth-order valence-corrected chi connectivity index (χ4v) is 2.96. The standard InChI is InChI=1S/C23H20N6O4/c1-31-19-4-2-3-17(13-19)23-27-26-20-9-10-22(28-29(20)23)32-12-11-25-21(30)15-33-18-7-5-16(14-24)6-8-18/h2-10,13H,11-12,15H2,1H3,(H,25,30). The van der Waals surface area contributed by atoms with Crippen molar-refractivity contribution >= 4 is 11.6 Å². The summed E-state index contributed by atoms with van der Waals surface area (Å²) < 4.78 is 17.9. The zero-order chi connectivity index (χ0) is 23.0. The molecule has 0 unspecified atom stereocenters. The van der Waals surface area contributed by atoms with Gasteiger partial charge < -0.3 is 19.5 Å². The van der Waals surface area contributed by atoms with Gasteiger partial charge in [0.1, 0.15) is 18.1 Å². The Morgan fingerprint density at radius 3 is 2.70 bits per heavy atom. The van der Waals surface area contributed by atoms with Crippen LogP contribution in [-0.4, -0.2) is 52.6 Å². The van der Waals surface area contributed by atoms with Gasteiger partial charge in [-0.15, -0.1) is 15.3 Å². The molecule has 0 saturated carbocycles. The lowest BCUT2D eigenvalue weighted by Gasteiger charge is -2.09. The minimum atomic E-state index is -0.287. The molecule has 2 heterocycles. The zero-order valence-corrected chi connectivity index (χ0v) is 17.8. The first-order valence-electron chi connectivity index (χ1n) is 10.1. The van der Waals surface area contributed by atoms with E-state index in [1.807, 2.05) is 30.3 Å². The molecule has 0 radical (unpaired) electrons. The fourth-order valence-electron chi connectivity index (χ4n) is 2.96. The molecule has 10 heteroatoms. The van der Waals surface area contributed by atoms with Gasteiger partial charge in [0.05, 0.1) is 25.3 Å². The second-order valence-corrected chi connectivity index (χ2v) is 6.82. The van der Waals surface area contributed by atoms with Gasteiger partial charge in [0.2, 0.25) is 5.88 Å². The van der Waals surface area contributed by atoms with E-state index in [9.17, 15) is 4.79 Å². The summed E-state index contributed by atoms with van der Waals surface area (Å²) >= 11 is 0. The summed E-state index contributed by atoms with van der Waals surface area (Å²) in [6, 6.07) is 19.4. The lowest BCUT2D eigenvalue weighted by Crippen LogP contribution is -2.32. The monoisotopic (exact) mass is 444 g/mol. The molecule has 0 spiro atoms. The average Bonchev–Trinajstić information content (AvgIpc) is 3.29. The molecule has 1 N–H and O–H groups in total. The van der Waals surface area contributed by atoms with E-state index >= 15 is 0 Å². The molecule has 2 aromatic carbocycles. The van der Waals surface area contributed by atoms with Crippen molar-refractivity contribution in [2.24, 2.45) is 0 Å². The van der Waals surface area contributed by atoms with Gasteiger partial charge in [0, 0.05) is 11.6 Å². The van der Waals surface area contributed by atoms with E-state index in [2.05, 4.69) is 20.6 Å². The number of nitriles is 1. The van der Waals surface area contributed by atoms with Crippen molar-refractivity contribution in [3.63, 3.8) is 0 Å². The Labute approximate surface area is 189 Å². The Balaban J connectivity index is 1.29. The average molecular weight is 444 g/mol. The SMILES string of the molecule is COc1cccc(-c2nnc3ccc(OCCNC(=O)COc4ccc(C#N)cc4)nn23)c1. The van der Waals surface area contributed by atoms with Crippen molar-refractivity contribution in [1.29, 1.82) is 5.26 Å². The molecule has 0 aliphatic carbocycles. The van der Waals surface area contributed by atoms with Crippen LogP contribution in [0.25, 0.3) is 17.0 Å². The Morgan fingerprint density at radius 2 is 1.91 bits per heavy atom. The van der Waals surface area contributed by atoms with Crippen molar-refractivity contribution in [2.45, 2.75) is 0 Å². The molecule has 0 aliphatic heterocycles. The summed E-state index contributed by atoms with van der Waals surface area (Å²) in [7, 11) is 1.60. The predicted molar refractivity (Wildman–Crippen MR) is 118 cm³/mol. The van der Waals surface area contributed by atoms with E-state index in [0.717, 1.165) is 5.56 Å². The zero-order valence-electron chi connectivity index (χ0n) is 17.8. The molecule has 10 nitrogen and oxygen atoms in total. The predicted octanol–water partition coefficient (Wildman–Crippen LogP) is 2.25. The number of nitrogens with zero attached hydrogens (tertiary/aromatic N) is 5. The summed E-state index contributed by atoms with van der Waals surface area (Å²) in [5.74, 6) is 1.86. The molecular formula is C23H20N6O4. The molecular weight excluding hydrogens is 424 g/mol. The third-order valence-electron chi connectivity index (χ3n) is 4.59. The summed E-state index contributed by atoms with van der Waals surface area (Å²) in [6.07, 6.45) is 0. The van der Waals surface area contributed by atoms with Gasteiger partial charge >= 0.3 is 0 Å². The van der Waals surface area contributed by atoms with Gasteiger partial charge in [-0.2, -0.15) is 9.78 Å². The number of hydrogen-bond donors (Lipinski definition) is 1. The Morgan fingerprint density at radius 1 is 1.06 bits per heavy atom. The Kier molecular flexibility index (Phi) is 6.61. The summed E-state index contributed by atoms with van der Waals surface area (Å²) in [5.41, 5.74) is 1.91. The van der Waals surface area contributed by atoms with Gasteiger partial charge in [-0.25, -0.2) is 0 Å². The molecule has 0 aliphatic rings. The molecule has 2 aromatic heterocycles. The van der Waals surface area contributed by atoms with E-state index in [1.54, 1.807) is 48.0 Å². The first-order chi connectivity index (χ1) is 16.2. The fraction of sp³-hybridized carbons (Fsp3) is 0.174. The summed E-state index contributed by atoms with van der Waals surface area (Å²) in [4.78, 5) is 12.0. The highest BCUT2D eigenvalue weighted by molar-refractivity contribution is 5.77. The van der Waals surface area contributed by atoms with Crippen LogP contribution >= 0.6 is 0 Å². The normalized spacial score (nSPS) is 10.4. The number of nitrogens with one attached hydrogen (secondary N) is 1. The number of methoxy groups -OCH3 is 1. The van der Waals surface area contributed by atoms with E-state index in [-0.39, 0.29) is 25.7 Å². The van der Waals surface area contributed by atoms with E-state index in [1.165, 1.54) is 0 Å². The van der Waals surface area contributed by atoms with Gasteiger partial charge in [0.15, 0.2) is 18.1 Å². The maximum Gasteiger partial charge on any atom is 0.258 e. The second kappa shape index (κ2) is 10.1. The first-order valence-corrected chi connectivity index (χ1v) is 10.1. The van der Waals surface area contributed by atoms with Crippen LogP contribution in [0.1, 0.15) is 5.56 Å². The number of aromatic nitrogens is 4. The van der Waals surface area contributed by atoms with Crippen LogP contribution in [-0.2, 0) is 4.79 Å². The van der Waals surface area contributed by atoms with Crippen molar-refractivity contribution in [3.8, 4) is 34.8 Å². The van der Waals surface area contributed by atoms with Crippen LogP contribution < -0.4 is 19.5 Å². The number of fused-ring (bicyclic) bond motifs is 1. The Bertz CT molecular complexity index is 1300. The lowest BCUT2D eigenvalue weighted by atomic mass is 10.2. The molecule has 0 fully saturated rings. The number of amides is 1. The van der Waals surface area contributed by atoms with Gasteiger partial charge in [0.25, 0.3) is 5.91 Å². The van der Waals surface area contributed by atoms with E-state index in [4.69, 9.17) is 19.5 Å². The third-order valence-corrected chi connectivity index (χ3v) is 4.59. The molecule has 33 heavy (non-hydrogen) atoms. The van der Waals surface area contributed by atoms with Gasteiger partial charge in [-0.3, -0.25) is 4.79 Å². The molecule has 1 amide bonds. The van der Waals surface area contributed by atoms with Crippen molar-refractivity contribution in [1.82, 2.24) is 25.1 Å². The molecule has 4 aromatic rings. The lowest BCUT2D eigenvalue weighted by molar-refractivity contribution is -0.123. The summed E-state index contributed by atoms with van der Waals surface area (Å²) in [5, 5.41) is 24.3. The van der Waals surface area contributed by atoms with Crippen LogP contribution in [0.4, 0.5) is 0 Å². The first kappa shape index (κ1) is 21.6. The minimum absolute atomic E-state index is 0.138. The summed E-state index contributed by atoms with van der Waals surface area (Å²) in [6.45, 7) is 0.360. The van der Waals surface area contributed by atoms with Crippen LogP contribution in [0.5, 0.6) is 17.4 Å². The topological polar surface area (TPSA) is 124 Å². The third kappa shape index (κ3) is 5.34. The smallest absolute Gasteiger partial charge is 0.258 e. The van der Waals surface area contributed by atoms with Crippen LogP contribution in [0, 0.1) is 11.3 Å². The van der Waals surface area contributed by atoms with Crippen molar-refractivity contribution in [3.05, 3.63) is 66.2 Å².